The van der Waals surface area contributed by atoms with Gasteiger partial charge >= 0.3 is 7.82 Å². The van der Waals surface area contributed by atoms with Crippen molar-refractivity contribution in [3.05, 3.63) is 47.2 Å². The summed E-state index contributed by atoms with van der Waals surface area (Å²) in [5.41, 5.74) is 2.51. The molecule has 0 radical (unpaired) electrons. The Morgan fingerprint density at radius 3 is 2.36 bits per heavy atom. The van der Waals surface area contributed by atoms with Gasteiger partial charge in [0.1, 0.15) is 5.76 Å². The van der Waals surface area contributed by atoms with Crippen LogP contribution < -0.4 is 0 Å². The van der Waals surface area contributed by atoms with Crippen molar-refractivity contribution in [2.75, 3.05) is 13.2 Å². The van der Waals surface area contributed by atoms with Gasteiger partial charge in [0.05, 0.1) is 13.2 Å². The minimum absolute atomic E-state index is 0.293. The zero-order chi connectivity index (χ0) is 16.0. The number of rotatable bonds is 7. The van der Waals surface area contributed by atoms with E-state index in [1.807, 2.05) is 0 Å². The third-order valence-electron chi connectivity index (χ3n) is 3.63. The molecule has 4 nitrogen and oxygen atoms in total. The molecule has 0 heterocycles. The van der Waals surface area contributed by atoms with Crippen LogP contribution in [0.3, 0.4) is 0 Å². The summed E-state index contributed by atoms with van der Waals surface area (Å²) in [6.07, 6.45) is 4.90. The monoisotopic (exact) mass is 324 g/mol. The molecule has 1 aliphatic rings. The lowest BCUT2D eigenvalue weighted by molar-refractivity contribution is 0.141. The fourth-order valence-electron chi connectivity index (χ4n) is 2.59. The molecule has 0 aliphatic heterocycles. The Morgan fingerprint density at radius 2 is 1.77 bits per heavy atom. The van der Waals surface area contributed by atoms with Crippen LogP contribution in [0.1, 0.15) is 50.2 Å². The Kier molecular flexibility index (Phi) is 6.25. The minimum Gasteiger partial charge on any atom is -0.409 e. The predicted octanol–water partition coefficient (Wildman–Crippen LogP) is 5.34. The SMILES string of the molecule is CCOP(=O)(OCC)OC1=CC(c2ccc(C)cc2)CCC1. The summed E-state index contributed by atoms with van der Waals surface area (Å²) in [7, 11) is -3.48. The topological polar surface area (TPSA) is 44.8 Å². The van der Waals surface area contributed by atoms with Gasteiger partial charge in [0.2, 0.25) is 0 Å². The third kappa shape index (κ3) is 4.70. The number of phosphoric acid groups is 1. The molecular weight excluding hydrogens is 299 g/mol. The van der Waals surface area contributed by atoms with Gasteiger partial charge in [0.15, 0.2) is 0 Å². The zero-order valence-corrected chi connectivity index (χ0v) is 14.5. The van der Waals surface area contributed by atoms with E-state index in [4.69, 9.17) is 13.6 Å². The Balaban J connectivity index is 2.13. The quantitative estimate of drug-likeness (QED) is 0.635. The fraction of sp³-hybridized carbons (Fsp3) is 0.529. The van der Waals surface area contributed by atoms with Gasteiger partial charge in [-0.2, -0.15) is 0 Å². The first-order valence-electron chi connectivity index (χ1n) is 7.92. The number of benzene rings is 1. The zero-order valence-electron chi connectivity index (χ0n) is 13.6. The van der Waals surface area contributed by atoms with Gasteiger partial charge in [-0.1, -0.05) is 29.8 Å². The first-order chi connectivity index (χ1) is 10.6. The van der Waals surface area contributed by atoms with Crippen molar-refractivity contribution in [3.8, 4) is 0 Å². The van der Waals surface area contributed by atoms with Gasteiger partial charge in [-0.15, -0.1) is 0 Å². The standard InChI is InChI=1S/C17H25O4P/c1-4-19-22(18,20-5-2)21-17-8-6-7-16(13-17)15-11-9-14(3)10-12-15/h9-13,16H,4-8H2,1-3H3. The summed E-state index contributed by atoms with van der Waals surface area (Å²) in [6, 6.07) is 8.52. The molecule has 0 saturated heterocycles. The largest absolute Gasteiger partial charge is 0.529 e. The molecule has 0 fully saturated rings. The number of hydrogen-bond donors (Lipinski definition) is 0. The second-order valence-corrected chi connectivity index (χ2v) is 7.01. The van der Waals surface area contributed by atoms with E-state index in [-0.39, 0.29) is 0 Å². The summed E-state index contributed by atoms with van der Waals surface area (Å²) in [5, 5.41) is 0. The first-order valence-corrected chi connectivity index (χ1v) is 9.38. The lowest BCUT2D eigenvalue weighted by Gasteiger charge is -2.24. The van der Waals surface area contributed by atoms with Crippen LogP contribution in [0.15, 0.2) is 36.1 Å². The van der Waals surface area contributed by atoms with Crippen molar-refractivity contribution in [2.45, 2.75) is 46.0 Å². The normalized spacial score (nSPS) is 18.9. The van der Waals surface area contributed by atoms with Crippen LogP contribution in [0.5, 0.6) is 0 Å². The molecule has 0 aromatic heterocycles. The Labute approximate surface area is 133 Å². The molecule has 0 N–H and O–H groups in total. The minimum atomic E-state index is -3.48. The smallest absolute Gasteiger partial charge is 0.409 e. The molecule has 0 spiro atoms. The van der Waals surface area contributed by atoms with Crippen molar-refractivity contribution in [1.82, 2.24) is 0 Å². The Morgan fingerprint density at radius 1 is 1.14 bits per heavy atom. The van der Waals surface area contributed by atoms with Crippen molar-refractivity contribution >= 4 is 7.82 Å². The molecule has 1 unspecified atom stereocenters. The maximum Gasteiger partial charge on any atom is 0.529 e. The van der Waals surface area contributed by atoms with Crippen LogP contribution in [-0.4, -0.2) is 13.2 Å². The highest BCUT2D eigenvalue weighted by molar-refractivity contribution is 7.48. The van der Waals surface area contributed by atoms with Crippen molar-refractivity contribution in [1.29, 1.82) is 0 Å². The average Bonchev–Trinajstić information content (AvgIpc) is 2.48. The summed E-state index contributed by atoms with van der Waals surface area (Å²) in [6.45, 7) is 6.23. The van der Waals surface area contributed by atoms with Crippen molar-refractivity contribution in [2.24, 2.45) is 0 Å². The molecule has 1 aromatic carbocycles. The molecule has 0 bridgehead atoms. The predicted molar refractivity (Wildman–Crippen MR) is 87.8 cm³/mol. The maximum absolute atomic E-state index is 12.5. The van der Waals surface area contributed by atoms with Crippen LogP contribution in [0.2, 0.25) is 0 Å². The fourth-order valence-corrected chi connectivity index (χ4v) is 3.84. The second-order valence-electron chi connectivity index (χ2n) is 5.42. The third-order valence-corrected chi connectivity index (χ3v) is 5.24. The van der Waals surface area contributed by atoms with E-state index in [0.29, 0.717) is 24.9 Å². The van der Waals surface area contributed by atoms with E-state index in [0.717, 1.165) is 19.3 Å². The van der Waals surface area contributed by atoms with Gasteiger partial charge < -0.3 is 4.52 Å². The molecule has 1 aromatic rings. The van der Waals surface area contributed by atoms with Gasteiger partial charge in [-0.25, -0.2) is 4.57 Å². The molecule has 1 aliphatic carbocycles. The Hall–Kier alpha value is -1.09. The van der Waals surface area contributed by atoms with Crippen LogP contribution in [-0.2, 0) is 18.1 Å². The molecular formula is C17H25O4P. The molecule has 0 saturated carbocycles. The number of allylic oxidation sites excluding steroid dienone is 2. The van der Waals surface area contributed by atoms with E-state index >= 15 is 0 Å². The highest BCUT2D eigenvalue weighted by Gasteiger charge is 2.29. The van der Waals surface area contributed by atoms with Gasteiger partial charge in [0, 0.05) is 12.3 Å². The van der Waals surface area contributed by atoms with Gasteiger partial charge in [0.25, 0.3) is 0 Å². The van der Waals surface area contributed by atoms with Crippen LogP contribution >= 0.6 is 7.82 Å². The number of hydrogen-bond acceptors (Lipinski definition) is 4. The molecule has 122 valence electrons. The second kappa shape index (κ2) is 7.96. The Bertz CT molecular complexity index is 540. The maximum atomic E-state index is 12.5. The van der Waals surface area contributed by atoms with E-state index < -0.39 is 7.82 Å². The van der Waals surface area contributed by atoms with Crippen LogP contribution in [0.25, 0.3) is 0 Å². The molecule has 1 atom stereocenters. The van der Waals surface area contributed by atoms with E-state index in [1.165, 1.54) is 11.1 Å². The molecule has 2 rings (SSSR count). The summed E-state index contributed by atoms with van der Waals surface area (Å²) >= 11 is 0. The molecule has 0 amide bonds. The van der Waals surface area contributed by atoms with E-state index in [1.54, 1.807) is 13.8 Å². The van der Waals surface area contributed by atoms with Crippen LogP contribution in [0, 0.1) is 6.92 Å². The molecule has 5 heteroatoms. The van der Waals surface area contributed by atoms with E-state index in [2.05, 4.69) is 37.3 Å². The lowest BCUT2D eigenvalue weighted by atomic mass is 9.88. The first kappa shape index (κ1) is 17.3. The van der Waals surface area contributed by atoms with Crippen molar-refractivity contribution in [3.63, 3.8) is 0 Å². The summed E-state index contributed by atoms with van der Waals surface area (Å²) < 4.78 is 28.5. The van der Waals surface area contributed by atoms with Gasteiger partial charge in [-0.05, 0) is 45.3 Å². The summed E-state index contributed by atoms with van der Waals surface area (Å²) in [4.78, 5) is 0. The summed E-state index contributed by atoms with van der Waals surface area (Å²) in [5.74, 6) is 1.00. The highest BCUT2D eigenvalue weighted by atomic mass is 31.2. The average molecular weight is 324 g/mol. The van der Waals surface area contributed by atoms with Gasteiger partial charge in [-0.3, -0.25) is 9.05 Å². The van der Waals surface area contributed by atoms with Crippen LogP contribution in [0.4, 0.5) is 0 Å². The van der Waals surface area contributed by atoms with Crippen molar-refractivity contribution < 1.29 is 18.1 Å². The highest BCUT2D eigenvalue weighted by Crippen LogP contribution is 2.52. The molecule has 22 heavy (non-hydrogen) atoms. The van der Waals surface area contributed by atoms with E-state index in [9.17, 15) is 4.57 Å². The number of aryl methyl sites for hydroxylation is 1. The lowest BCUT2D eigenvalue weighted by Crippen LogP contribution is -2.07. The number of phosphoric ester groups is 1.